The van der Waals surface area contributed by atoms with Crippen molar-refractivity contribution < 1.29 is 14.6 Å². The van der Waals surface area contributed by atoms with Crippen LogP contribution in [0.15, 0.2) is 10.5 Å². The molecule has 0 amide bonds. The molecular weight excluding hydrogens is 320 g/mol. The molecule has 1 aliphatic rings. The van der Waals surface area contributed by atoms with Crippen LogP contribution in [-0.2, 0) is 5.41 Å². The minimum absolute atomic E-state index is 0.0883. The number of ether oxygens (including phenoxy) is 2. The van der Waals surface area contributed by atoms with E-state index in [1.807, 2.05) is 19.9 Å². The molecule has 4 heteroatoms. The maximum Gasteiger partial charge on any atom is 0.164 e. The SMILES string of the molecule is CC(C)c1c2c(cc(Br)c1C(C)(C)CO)OCCCO2. The van der Waals surface area contributed by atoms with Gasteiger partial charge in [-0.15, -0.1) is 0 Å². The highest BCUT2D eigenvalue weighted by atomic mass is 79.9. The molecule has 0 aliphatic carbocycles. The first kappa shape index (κ1) is 15.6. The van der Waals surface area contributed by atoms with E-state index in [0.717, 1.165) is 33.5 Å². The normalized spacial score (nSPS) is 15.3. The Kier molecular flexibility index (Phi) is 4.65. The highest BCUT2D eigenvalue weighted by molar-refractivity contribution is 9.10. The highest BCUT2D eigenvalue weighted by Crippen LogP contribution is 2.47. The van der Waals surface area contributed by atoms with Crippen LogP contribution in [0.1, 0.15) is 51.2 Å². The molecule has 0 bridgehead atoms. The number of aliphatic hydroxyl groups excluding tert-OH is 1. The van der Waals surface area contributed by atoms with Crippen molar-refractivity contribution in [3.05, 3.63) is 21.7 Å². The summed E-state index contributed by atoms with van der Waals surface area (Å²) >= 11 is 3.65. The molecule has 112 valence electrons. The average Bonchev–Trinajstić information content (AvgIpc) is 2.61. The third-order valence-corrected chi connectivity index (χ3v) is 4.30. The third-order valence-electron chi connectivity index (χ3n) is 3.68. The molecule has 0 saturated heterocycles. The molecule has 2 rings (SSSR count). The van der Waals surface area contributed by atoms with Crippen LogP contribution in [-0.4, -0.2) is 24.9 Å². The minimum Gasteiger partial charge on any atom is -0.490 e. The molecule has 1 aromatic carbocycles. The first-order valence-corrected chi connectivity index (χ1v) is 7.91. The number of halogens is 1. The zero-order valence-electron chi connectivity index (χ0n) is 12.6. The summed E-state index contributed by atoms with van der Waals surface area (Å²) in [5, 5.41) is 9.74. The second-order valence-electron chi connectivity index (χ2n) is 6.22. The highest BCUT2D eigenvalue weighted by Gasteiger charge is 2.31. The quantitative estimate of drug-likeness (QED) is 0.901. The van der Waals surface area contributed by atoms with Gasteiger partial charge in [-0.3, -0.25) is 0 Å². The van der Waals surface area contributed by atoms with Crippen LogP contribution >= 0.6 is 15.9 Å². The van der Waals surface area contributed by atoms with Crippen LogP contribution < -0.4 is 9.47 Å². The number of aliphatic hydroxyl groups is 1. The van der Waals surface area contributed by atoms with E-state index in [1.54, 1.807) is 0 Å². The Labute approximate surface area is 129 Å². The maximum absolute atomic E-state index is 9.74. The van der Waals surface area contributed by atoms with Crippen molar-refractivity contribution in [1.82, 2.24) is 0 Å². The van der Waals surface area contributed by atoms with Gasteiger partial charge >= 0.3 is 0 Å². The fraction of sp³-hybridized carbons (Fsp3) is 0.625. The van der Waals surface area contributed by atoms with Gasteiger partial charge in [-0.2, -0.15) is 0 Å². The zero-order valence-corrected chi connectivity index (χ0v) is 14.2. The predicted octanol–water partition coefficient (Wildman–Crippen LogP) is 4.00. The Morgan fingerprint density at radius 2 is 1.95 bits per heavy atom. The first-order valence-electron chi connectivity index (χ1n) is 7.12. The molecule has 0 unspecified atom stereocenters. The minimum atomic E-state index is -0.330. The molecule has 1 heterocycles. The average molecular weight is 343 g/mol. The van der Waals surface area contributed by atoms with Gasteiger partial charge in [0.15, 0.2) is 11.5 Å². The van der Waals surface area contributed by atoms with Crippen molar-refractivity contribution in [2.75, 3.05) is 19.8 Å². The van der Waals surface area contributed by atoms with E-state index < -0.39 is 0 Å². The number of benzene rings is 1. The number of rotatable bonds is 3. The Hall–Kier alpha value is -0.740. The lowest BCUT2D eigenvalue weighted by Crippen LogP contribution is -2.25. The zero-order chi connectivity index (χ0) is 14.9. The van der Waals surface area contributed by atoms with Crippen molar-refractivity contribution in [3.63, 3.8) is 0 Å². The number of hydrogen-bond donors (Lipinski definition) is 1. The van der Waals surface area contributed by atoms with Gasteiger partial charge in [0, 0.05) is 21.9 Å². The largest absolute Gasteiger partial charge is 0.490 e. The van der Waals surface area contributed by atoms with Gasteiger partial charge in [-0.25, -0.2) is 0 Å². The first-order chi connectivity index (χ1) is 9.38. The molecule has 1 aromatic rings. The van der Waals surface area contributed by atoms with E-state index in [-0.39, 0.29) is 12.0 Å². The molecule has 0 radical (unpaired) electrons. The van der Waals surface area contributed by atoms with Gasteiger partial charge in [0.05, 0.1) is 19.8 Å². The number of hydrogen-bond acceptors (Lipinski definition) is 3. The summed E-state index contributed by atoms with van der Waals surface area (Å²) in [6, 6.07) is 1.97. The Morgan fingerprint density at radius 3 is 2.55 bits per heavy atom. The lowest BCUT2D eigenvalue weighted by Gasteiger charge is -2.30. The third kappa shape index (κ3) is 2.82. The van der Waals surface area contributed by atoms with E-state index in [1.165, 1.54) is 0 Å². The number of fused-ring (bicyclic) bond motifs is 1. The Bertz CT molecular complexity index is 495. The summed E-state index contributed by atoms with van der Waals surface area (Å²) in [7, 11) is 0. The van der Waals surface area contributed by atoms with Crippen LogP contribution in [0.25, 0.3) is 0 Å². The second-order valence-corrected chi connectivity index (χ2v) is 7.08. The topological polar surface area (TPSA) is 38.7 Å². The maximum atomic E-state index is 9.74. The van der Waals surface area contributed by atoms with Crippen LogP contribution in [0.2, 0.25) is 0 Å². The second kappa shape index (κ2) is 5.94. The molecule has 1 aliphatic heterocycles. The van der Waals surface area contributed by atoms with Gasteiger partial charge in [0.2, 0.25) is 0 Å². The molecule has 0 aromatic heterocycles. The van der Waals surface area contributed by atoms with Crippen LogP contribution in [0.5, 0.6) is 11.5 Å². The monoisotopic (exact) mass is 342 g/mol. The van der Waals surface area contributed by atoms with Crippen molar-refractivity contribution >= 4 is 15.9 Å². The van der Waals surface area contributed by atoms with E-state index in [9.17, 15) is 5.11 Å². The molecule has 0 saturated carbocycles. The standard InChI is InChI=1S/C16H23BrO3/c1-10(2)13-14(16(3,4)9-18)11(17)8-12-15(13)20-7-5-6-19-12/h8,10,18H,5-7,9H2,1-4H3. The Morgan fingerprint density at radius 1 is 1.30 bits per heavy atom. The van der Waals surface area contributed by atoms with Gasteiger partial charge in [-0.05, 0) is 17.5 Å². The summed E-state index contributed by atoms with van der Waals surface area (Å²) < 4.78 is 12.7. The molecule has 0 fully saturated rings. The summed E-state index contributed by atoms with van der Waals surface area (Å²) in [4.78, 5) is 0. The smallest absolute Gasteiger partial charge is 0.164 e. The van der Waals surface area contributed by atoms with Gasteiger partial charge in [0.1, 0.15) is 0 Å². The van der Waals surface area contributed by atoms with Crippen LogP contribution in [0.4, 0.5) is 0 Å². The van der Waals surface area contributed by atoms with Crippen LogP contribution in [0, 0.1) is 0 Å². The lowest BCUT2D eigenvalue weighted by atomic mass is 9.79. The molecule has 1 N–H and O–H groups in total. The fourth-order valence-electron chi connectivity index (χ4n) is 2.62. The molecule has 0 spiro atoms. The molecular formula is C16H23BrO3. The summed E-state index contributed by atoms with van der Waals surface area (Å²) in [6.07, 6.45) is 0.891. The molecule has 3 nitrogen and oxygen atoms in total. The molecule has 0 atom stereocenters. The van der Waals surface area contributed by atoms with E-state index in [2.05, 4.69) is 29.8 Å². The molecule has 20 heavy (non-hydrogen) atoms. The van der Waals surface area contributed by atoms with Crippen molar-refractivity contribution in [2.45, 2.75) is 45.4 Å². The summed E-state index contributed by atoms with van der Waals surface area (Å²) in [5.74, 6) is 1.94. The Balaban J connectivity index is 2.71. The van der Waals surface area contributed by atoms with Crippen molar-refractivity contribution in [1.29, 1.82) is 0 Å². The van der Waals surface area contributed by atoms with E-state index in [0.29, 0.717) is 19.1 Å². The summed E-state index contributed by atoms with van der Waals surface area (Å²) in [5.41, 5.74) is 1.91. The lowest BCUT2D eigenvalue weighted by molar-refractivity contribution is 0.216. The van der Waals surface area contributed by atoms with Crippen molar-refractivity contribution in [2.24, 2.45) is 0 Å². The fourth-order valence-corrected chi connectivity index (χ4v) is 3.58. The van der Waals surface area contributed by atoms with Crippen LogP contribution in [0.3, 0.4) is 0 Å². The van der Waals surface area contributed by atoms with E-state index in [4.69, 9.17) is 9.47 Å². The van der Waals surface area contributed by atoms with Gasteiger partial charge in [-0.1, -0.05) is 43.6 Å². The summed E-state index contributed by atoms with van der Waals surface area (Å²) in [6.45, 7) is 9.82. The predicted molar refractivity (Wildman–Crippen MR) is 83.9 cm³/mol. The van der Waals surface area contributed by atoms with Gasteiger partial charge < -0.3 is 14.6 Å². The van der Waals surface area contributed by atoms with Gasteiger partial charge in [0.25, 0.3) is 0 Å². The van der Waals surface area contributed by atoms with E-state index >= 15 is 0 Å². The van der Waals surface area contributed by atoms with Crippen molar-refractivity contribution in [3.8, 4) is 11.5 Å².